The predicted octanol–water partition coefficient (Wildman–Crippen LogP) is 3.33. The van der Waals surface area contributed by atoms with Crippen molar-refractivity contribution < 1.29 is 19.4 Å². The molecule has 1 N–H and O–H groups in total. The van der Waals surface area contributed by atoms with Crippen LogP contribution >= 0.6 is 12.4 Å². The molecule has 0 amide bonds. The van der Waals surface area contributed by atoms with Crippen LogP contribution in [0.15, 0.2) is 36.5 Å². The summed E-state index contributed by atoms with van der Waals surface area (Å²) in [5.74, 6) is 0.351. The lowest BCUT2D eigenvalue weighted by Crippen LogP contribution is -2.31. The first-order chi connectivity index (χ1) is 13.1. The van der Waals surface area contributed by atoms with E-state index < -0.39 is 5.97 Å². The van der Waals surface area contributed by atoms with E-state index in [1.54, 1.807) is 32.5 Å². The van der Waals surface area contributed by atoms with Gasteiger partial charge in [-0.05, 0) is 29.7 Å². The first-order valence-electron chi connectivity index (χ1n) is 8.58. The maximum atomic E-state index is 11.5. The molecule has 3 aromatic rings. The van der Waals surface area contributed by atoms with Crippen LogP contribution in [0, 0.1) is 0 Å². The average molecular weight is 402 g/mol. The molecule has 0 atom stereocenters. The van der Waals surface area contributed by atoms with Gasteiger partial charge in [-0.25, -0.2) is 4.79 Å². The Balaban J connectivity index is 0.00000225. The predicted molar refractivity (Wildman–Crippen MR) is 108 cm³/mol. The summed E-state index contributed by atoms with van der Waals surface area (Å²) in [6.45, 7) is 1.32. The second-order valence-corrected chi connectivity index (χ2v) is 6.37. The lowest BCUT2D eigenvalue weighted by Gasteiger charge is -2.31. The van der Waals surface area contributed by atoms with Gasteiger partial charge in [-0.2, -0.15) is 10.2 Å². The van der Waals surface area contributed by atoms with E-state index in [4.69, 9.17) is 9.47 Å². The number of methoxy groups -OCH3 is 2. The van der Waals surface area contributed by atoms with Crippen molar-refractivity contribution >= 4 is 35.0 Å². The molecule has 146 valence electrons. The minimum absolute atomic E-state index is 0. The minimum Gasteiger partial charge on any atom is -0.493 e. The fraction of sp³-hybridized carbons (Fsp3) is 0.250. The topological polar surface area (TPSA) is 84.8 Å². The number of hydrogen-bond donors (Lipinski definition) is 1. The summed E-state index contributed by atoms with van der Waals surface area (Å²) in [5.41, 5.74) is 3.97. The number of nitrogens with zero attached hydrogens (tertiary/aromatic N) is 3. The van der Waals surface area contributed by atoms with Gasteiger partial charge < -0.3 is 19.5 Å². The summed E-state index contributed by atoms with van der Waals surface area (Å²) in [4.78, 5) is 13.7. The number of anilines is 1. The number of rotatable bonds is 4. The van der Waals surface area contributed by atoms with Crippen LogP contribution in [0.4, 0.5) is 5.69 Å². The molecule has 4 rings (SSSR count). The first-order valence-corrected chi connectivity index (χ1v) is 8.58. The standard InChI is InChI=1S/C20H19N3O4.ClH/c1-26-18-8-15-16(9-19(18)27-2)22-21-10-17(15)23-7-6-13-12(11-23)4-3-5-14(13)20(24)25;/h3-5,8-10H,6-7,11H2,1-2H3,(H,24,25);1H. The third-order valence-corrected chi connectivity index (χ3v) is 4.96. The van der Waals surface area contributed by atoms with Gasteiger partial charge in [0.25, 0.3) is 0 Å². The van der Waals surface area contributed by atoms with Crippen molar-refractivity contribution in [3.05, 3.63) is 53.2 Å². The highest BCUT2D eigenvalue weighted by Gasteiger charge is 2.23. The Kier molecular flexibility index (Phi) is 5.56. The molecule has 0 fully saturated rings. The van der Waals surface area contributed by atoms with Crippen LogP contribution in [0.2, 0.25) is 0 Å². The highest BCUT2D eigenvalue weighted by Crippen LogP contribution is 2.36. The van der Waals surface area contributed by atoms with E-state index in [-0.39, 0.29) is 12.4 Å². The summed E-state index contributed by atoms with van der Waals surface area (Å²) in [7, 11) is 3.19. The fourth-order valence-corrected chi connectivity index (χ4v) is 3.64. The number of carboxylic acid groups (broad SMARTS) is 1. The van der Waals surface area contributed by atoms with Crippen molar-refractivity contribution in [2.75, 3.05) is 25.7 Å². The Morgan fingerprint density at radius 2 is 1.93 bits per heavy atom. The zero-order chi connectivity index (χ0) is 19.0. The summed E-state index contributed by atoms with van der Waals surface area (Å²) < 4.78 is 10.8. The Bertz CT molecular complexity index is 1040. The van der Waals surface area contributed by atoms with Crippen molar-refractivity contribution in [1.29, 1.82) is 0 Å². The third kappa shape index (κ3) is 3.29. The largest absolute Gasteiger partial charge is 0.493 e. The molecule has 8 heteroatoms. The molecule has 1 aromatic heterocycles. The van der Waals surface area contributed by atoms with Gasteiger partial charge in [-0.3, -0.25) is 0 Å². The molecule has 0 radical (unpaired) electrons. The summed E-state index contributed by atoms with van der Waals surface area (Å²) >= 11 is 0. The molecule has 0 spiro atoms. The van der Waals surface area contributed by atoms with Gasteiger partial charge in [-0.1, -0.05) is 12.1 Å². The number of halogens is 1. The Hall–Kier alpha value is -3.06. The molecule has 0 bridgehead atoms. The van der Waals surface area contributed by atoms with Gasteiger partial charge in [0.1, 0.15) is 0 Å². The first kappa shape index (κ1) is 19.7. The van der Waals surface area contributed by atoms with Gasteiger partial charge in [0.05, 0.1) is 37.2 Å². The van der Waals surface area contributed by atoms with Crippen molar-refractivity contribution in [2.24, 2.45) is 0 Å². The zero-order valence-corrected chi connectivity index (χ0v) is 16.3. The number of carboxylic acids is 1. The summed E-state index contributed by atoms with van der Waals surface area (Å²) in [6, 6.07) is 9.15. The molecule has 7 nitrogen and oxygen atoms in total. The van der Waals surface area contributed by atoms with Crippen LogP contribution in [0.1, 0.15) is 21.5 Å². The van der Waals surface area contributed by atoms with Gasteiger partial charge in [0.2, 0.25) is 0 Å². The molecular formula is C20H20ClN3O4. The van der Waals surface area contributed by atoms with Gasteiger partial charge in [0.15, 0.2) is 11.5 Å². The molecule has 2 heterocycles. The monoisotopic (exact) mass is 401 g/mol. The molecule has 2 aromatic carbocycles. The lowest BCUT2D eigenvalue weighted by molar-refractivity contribution is 0.0695. The Morgan fingerprint density at radius 1 is 1.18 bits per heavy atom. The van der Waals surface area contributed by atoms with Crippen molar-refractivity contribution in [2.45, 2.75) is 13.0 Å². The van der Waals surface area contributed by atoms with Crippen LogP contribution in [-0.2, 0) is 13.0 Å². The van der Waals surface area contributed by atoms with Gasteiger partial charge in [0, 0.05) is 24.5 Å². The van der Waals surface area contributed by atoms with Crippen LogP contribution in [0.5, 0.6) is 11.5 Å². The van der Waals surface area contributed by atoms with Crippen LogP contribution < -0.4 is 14.4 Å². The van der Waals surface area contributed by atoms with Crippen molar-refractivity contribution in [3.8, 4) is 11.5 Å². The maximum Gasteiger partial charge on any atom is 0.335 e. The Labute approximate surface area is 168 Å². The smallest absolute Gasteiger partial charge is 0.335 e. The number of ether oxygens (including phenoxy) is 2. The van der Waals surface area contributed by atoms with Crippen molar-refractivity contribution in [3.63, 3.8) is 0 Å². The van der Waals surface area contributed by atoms with Crippen LogP contribution in [-0.4, -0.2) is 42.0 Å². The highest BCUT2D eigenvalue weighted by molar-refractivity contribution is 5.94. The molecular weight excluding hydrogens is 382 g/mol. The van der Waals surface area contributed by atoms with Gasteiger partial charge in [-0.15, -0.1) is 12.4 Å². The lowest BCUT2D eigenvalue weighted by atomic mass is 9.94. The number of aromatic nitrogens is 2. The summed E-state index contributed by atoms with van der Waals surface area (Å²) in [6.07, 6.45) is 2.40. The molecule has 0 unspecified atom stereocenters. The van der Waals surface area contributed by atoms with E-state index in [0.717, 1.165) is 27.7 Å². The number of carbonyl (C=O) groups is 1. The number of benzene rings is 2. The zero-order valence-electron chi connectivity index (χ0n) is 15.5. The Morgan fingerprint density at radius 3 is 2.64 bits per heavy atom. The van der Waals surface area contributed by atoms with E-state index in [9.17, 15) is 9.90 Å². The quantitative estimate of drug-likeness (QED) is 0.717. The van der Waals surface area contributed by atoms with E-state index in [1.165, 1.54) is 0 Å². The van der Waals surface area contributed by atoms with E-state index in [1.807, 2.05) is 18.2 Å². The molecule has 0 saturated carbocycles. The molecule has 28 heavy (non-hydrogen) atoms. The van der Waals surface area contributed by atoms with Gasteiger partial charge >= 0.3 is 5.97 Å². The molecule has 1 aliphatic heterocycles. The SMILES string of the molecule is COc1cc2nncc(N3CCc4c(cccc4C(=O)O)C3)c2cc1OC.Cl. The van der Waals surface area contributed by atoms with E-state index in [0.29, 0.717) is 36.6 Å². The number of fused-ring (bicyclic) bond motifs is 2. The third-order valence-electron chi connectivity index (χ3n) is 4.96. The molecule has 1 aliphatic rings. The number of aromatic carboxylic acids is 1. The second kappa shape index (κ2) is 7.90. The van der Waals surface area contributed by atoms with E-state index in [2.05, 4.69) is 15.1 Å². The molecule has 0 aliphatic carbocycles. The normalized spacial score (nSPS) is 12.9. The molecule has 0 saturated heterocycles. The maximum absolute atomic E-state index is 11.5. The average Bonchev–Trinajstić information content (AvgIpc) is 2.71. The summed E-state index contributed by atoms with van der Waals surface area (Å²) in [5, 5.41) is 18.7. The van der Waals surface area contributed by atoms with Crippen LogP contribution in [0.3, 0.4) is 0 Å². The second-order valence-electron chi connectivity index (χ2n) is 6.37. The minimum atomic E-state index is -0.881. The van der Waals surface area contributed by atoms with Crippen LogP contribution in [0.25, 0.3) is 10.9 Å². The fourth-order valence-electron chi connectivity index (χ4n) is 3.64. The highest BCUT2D eigenvalue weighted by atomic mass is 35.5. The van der Waals surface area contributed by atoms with E-state index >= 15 is 0 Å². The number of hydrogen-bond acceptors (Lipinski definition) is 6. The van der Waals surface area contributed by atoms with Crippen molar-refractivity contribution in [1.82, 2.24) is 10.2 Å².